The maximum absolute atomic E-state index is 12.3. The van der Waals surface area contributed by atoms with Gasteiger partial charge in [-0.2, -0.15) is 0 Å². The monoisotopic (exact) mass is 402 g/mol. The zero-order valence-corrected chi connectivity index (χ0v) is 17.3. The van der Waals surface area contributed by atoms with Crippen LogP contribution in [0.25, 0.3) is 0 Å². The summed E-state index contributed by atoms with van der Waals surface area (Å²) in [6.45, 7) is 1.82. The van der Waals surface area contributed by atoms with Gasteiger partial charge in [0.05, 0.1) is 12.2 Å². The van der Waals surface area contributed by atoms with E-state index in [1.165, 1.54) is 0 Å². The summed E-state index contributed by atoms with van der Waals surface area (Å²) < 4.78 is 0. The second-order valence-corrected chi connectivity index (χ2v) is 8.41. The topological polar surface area (TPSA) is 94.8 Å². The van der Waals surface area contributed by atoms with Crippen LogP contribution >= 0.6 is 0 Å². The molecule has 160 valence electrons. The number of Topliss-reactive ketones (excluding diaryl/α,β-unsaturated/α-hetero) is 1. The number of carbonyl (C=O) groups excluding carboxylic acids is 1. The molecule has 0 heterocycles. The van der Waals surface area contributed by atoms with Crippen LogP contribution in [0.1, 0.15) is 71.1 Å². The quantitative estimate of drug-likeness (QED) is 0.279. The number of aliphatic hydroxyl groups excluding tert-OH is 2. The first-order valence-electron chi connectivity index (χ1n) is 10.7. The van der Waals surface area contributed by atoms with Crippen molar-refractivity contribution in [1.29, 1.82) is 0 Å². The van der Waals surface area contributed by atoms with Gasteiger partial charge in [-0.1, -0.05) is 30.7 Å². The first kappa shape index (κ1) is 23.4. The van der Waals surface area contributed by atoms with E-state index in [2.05, 4.69) is 11.8 Å². The number of aliphatic hydroxyl groups is 2. The second kappa shape index (κ2) is 11.3. The Kier molecular flexibility index (Phi) is 9.13. The fourth-order valence-corrected chi connectivity index (χ4v) is 4.40. The van der Waals surface area contributed by atoms with E-state index in [0.29, 0.717) is 25.7 Å². The minimum atomic E-state index is -0.801. The third-order valence-corrected chi connectivity index (χ3v) is 6.44. The molecule has 2 aliphatic carbocycles. The number of carbonyl (C=O) groups is 2. The standard InChI is InChI=1S/C24H34O5/c1-2-3-14-24(15-9-16-24)22(27)12-8-11-19-18(20(25)17-21(19)26)10-6-4-5-7-13-23(28)29/h4,6,8,11,18-19,21-22,26-27H,5,7,9-10,12-17H2,1H3,(H,28,29)/b6-4-,11-8+/t18-,19-,21-,22?/m1/s1. The van der Waals surface area contributed by atoms with Gasteiger partial charge in [0.1, 0.15) is 5.78 Å². The Morgan fingerprint density at radius 3 is 2.69 bits per heavy atom. The first-order valence-corrected chi connectivity index (χ1v) is 10.7. The van der Waals surface area contributed by atoms with Crippen LogP contribution in [-0.2, 0) is 9.59 Å². The van der Waals surface area contributed by atoms with Gasteiger partial charge in [0.2, 0.25) is 0 Å². The summed E-state index contributed by atoms with van der Waals surface area (Å²) in [6, 6.07) is 0. The first-order chi connectivity index (χ1) is 13.9. The van der Waals surface area contributed by atoms with Crippen molar-refractivity contribution in [3.05, 3.63) is 24.3 Å². The van der Waals surface area contributed by atoms with Crippen LogP contribution in [0.3, 0.4) is 0 Å². The Morgan fingerprint density at radius 1 is 1.31 bits per heavy atom. The van der Waals surface area contributed by atoms with Gasteiger partial charge < -0.3 is 15.3 Å². The highest BCUT2D eigenvalue weighted by molar-refractivity contribution is 5.84. The fraction of sp³-hybridized carbons (Fsp3) is 0.667. The number of carboxylic acid groups (broad SMARTS) is 1. The molecule has 0 saturated heterocycles. The van der Waals surface area contributed by atoms with Gasteiger partial charge in [-0.05, 0) is 45.4 Å². The highest BCUT2D eigenvalue weighted by Crippen LogP contribution is 2.47. The third kappa shape index (κ3) is 6.55. The van der Waals surface area contributed by atoms with Crippen molar-refractivity contribution in [3.63, 3.8) is 0 Å². The van der Waals surface area contributed by atoms with Crippen LogP contribution in [0, 0.1) is 29.1 Å². The van der Waals surface area contributed by atoms with Crippen molar-refractivity contribution in [2.45, 2.75) is 83.3 Å². The van der Waals surface area contributed by atoms with Crippen molar-refractivity contribution in [2.24, 2.45) is 17.3 Å². The molecule has 0 aliphatic heterocycles. The van der Waals surface area contributed by atoms with E-state index >= 15 is 0 Å². The summed E-state index contributed by atoms with van der Waals surface area (Å²) in [5.41, 5.74) is -0.102. The molecule has 2 fully saturated rings. The molecule has 2 rings (SSSR count). The highest BCUT2D eigenvalue weighted by Gasteiger charge is 2.42. The molecule has 0 aromatic carbocycles. The van der Waals surface area contributed by atoms with Crippen molar-refractivity contribution in [1.82, 2.24) is 0 Å². The fourth-order valence-electron chi connectivity index (χ4n) is 4.40. The highest BCUT2D eigenvalue weighted by atomic mass is 16.4. The van der Waals surface area contributed by atoms with Crippen LogP contribution in [0.5, 0.6) is 0 Å². The average Bonchev–Trinajstić information content (AvgIpc) is 2.90. The molecule has 0 aromatic heterocycles. The predicted octanol–water partition coefficient (Wildman–Crippen LogP) is 3.64. The molecule has 5 heteroatoms. The summed E-state index contributed by atoms with van der Waals surface area (Å²) in [6.07, 6.45) is 13.0. The molecule has 2 saturated carbocycles. The Bertz CT molecular complexity index is 677. The van der Waals surface area contributed by atoms with Gasteiger partial charge in [-0.3, -0.25) is 9.59 Å². The maximum Gasteiger partial charge on any atom is 0.303 e. The Morgan fingerprint density at radius 2 is 2.07 bits per heavy atom. The van der Waals surface area contributed by atoms with Crippen molar-refractivity contribution in [2.75, 3.05) is 0 Å². The molecule has 2 aliphatic rings. The summed E-state index contributed by atoms with van der Waals surface area (Å²) in [5.74, 6) is 4.81. The van der Waals surface area contributed by atoms with Crippen LogP contribution in [0.4, 0.5) is 0 Å². The molecule has 0 bridgehead atoms. The molecule has 5 nitrogen and oxygen atoms in total. The Labute approximate surface area is 173 Å². The molecule has 0 amide bonds. The van der Waals surface area contributed by atoms with E-state index < -0.39 is 18.2 Å². The molecule has 0 spiro atoms. The van der Waals surface area contributed by atoms with Crippen LogP contribution in [0.15, 0.2) is 24.3 Å². The van der Waals surface area contributed by atoms with E-state index in [4.69, 9.17) is 5.11 Å². The molecular formula is C24H34O5. The molecule has 1 unspecified atom stereocenters. The minimum Gasteiger partial charge on any atom is -0.481 e. The van der Waals surface area contributed by atoms with E-state index in [9.17, 15) is 19.8 Å². The largest absolute Gasteiger partial charge is 0.481 e. The number of aliphatic carboxylic acids is 1. The zero-order valence-electron chi connectivity index (χ0n) is 17.3. The number of carboxylic acids is 1. The number of unbranched alkanes of at least 4 members (excludes halogenated alkanes) is 1. The lowest BCUT2D eigenvalue weighted by Crippen LogP contribution is -2.40. The molecular weight excluding hydrogens is 368 g/mol. The van der Waals surface area contributed by atoms with E-state index in [1.807, 2.05) is 31.2 Å². The van der Waals surface area contributed by atoms with Gasteiger partial charge in [0.15, 0.2) is 0 Å². The number of hydrogen-bond donors (Lipinski definition) is 3. The normalized spacial score (nSPS) is 27.0. The second-order valence-electron chi connectivity index (χ2n) is 8.41. The van der Waals surface area contributed by atoms with Crippen molar-refractivity contribution in [3.8, 4) is 11.8 Å². The Balaban J connectivity index is 1.87. The van der Waals surface area contributed by atoms with E-state index in [1.54, 1.807) is 0 Å². The molecule has 29 heavy (non-hydrogen) atoms. The smallest absolute Gasteiger partial charge is 0.303 e. The Hall–Kier alpha value is -1.90. The molecule has 4 atom stereocenters. The van der Waals surface area contributed by atoms with Gasteiger partial charge in [-0.15, -0.1) is 11.8 Å². The zero-order chi connectivity index (χ0) is 21.3. The average molecular weight is 403 g/mol. The van der Waals surface area contributed by atoms with Crippen molar-refractivity contribution >= 4 is 11.8 Å². The van der Waals surface area contributed by atoms with E-state index in [-0.39, 0.29) is 35.9 Å². The summed E-state index contributed by atoms with van der Waals surface area (Å²) in [4.78, 5) is 22.8. The van der Waals surface area contributed by atoms with Crippen molar-refractivity contribution < 1.29 is 24.9 Å². The third-order valence-electron chi connectivity index (χ3n) is 6.44. The SMILES string of the molecule is CC#CCC1(C(O)C/C=C/[C@H]2[C@H](O)CC(=O)[C@@H]2C/C=C\CCCC(=O)O)CCC1. The number of ketones is 1. The van der Waals surface area contributed by atoms with Crippen LogP contribution < -0.4 is 0 Å². The van der Waals surface area contributed by atoms with Gasteiger partial charge in [0.25, 0.3) is 0 Å². The summed E-state index contributed by atoms with van der Waals surface area (Å²) in [5, 5.41) is 29.6. The number of rotatable bonds is 11. The molecule has 0 radical (unpaired) electrons. The minimum absolute atomic E-state index is 0.0663. The number of allylic oxidation sites excluding steroid dienone is 2. The van der Waals surface area contributed by atoms with Gasteiger partial charge in [0, 0.05) is 36.5 Å². The van der Waals surface area contributed by atoms with Crippen LogP contribution in [-0.4, -0.2) is 39.3 Å². The predicted molar refractivity (Wildman–Crippen MR) is 112 cm³/mol. The lowest BCUT2D eigenvalue weighted by Gasteiger charge is -2.44. The van der Waals surface area contributed by atoms with Gasteiger partial charge in [-0.25, -0.2) is 0 Å². The lowest BCUT2D eigenvalue weighted by molar-refractivity contribution is -0.137. The number of hydrogen-bond acceptors (Lipinski definition) is 4. The maximum atomic E-state index is 12.3. The van der Waals surface area contributed by atoms with E-state index in [0.717, 1.165) is 25.7 Å². The summed E-state index contributed by atoms with van der Waals surface area (Å²) in [7, 11) is 0. The molecule has 3 N–H and O–H groups in total. The van der Waals surface area contributed by atoms with Crippen LogP contribution in [0.2, 0.25) is 0 Å². The van der Waals surface area contributed by atoms with Gasteiger partial charge >= 0.3 is 5.97 Å². The molecule has 0 aromatic rings. The summed E-state index contributed by atoms with van der Waals surface area (Å²) >= 11 is 0. The lowest BCUT2D eigenvalue weighted by atomic mass is 9.62.